The standard InChI is InChI=1S/C13H14N2O3/c1-8-7-15(9(2)14-8)10-4-5-12(18-3)11(6-10)13(16)17/h4-7H,1-3H3,(H,16,17). The summed E-state index contributed by atoms with van der Waals surface area (Å²) in [6, 6.07) is 5.03. The first-order chi connectivity index (χ1) is 8.52. The molecule has 0 saturated carbocycles. The molecule has 0 bridgehead atoms. The van der Waals surface area contributed by atoms with Crippen molar-refractivity contribution >= 4 is 5.97 Å². The Morgan fingerprint density at radius 2 is 2.11 bits per heavy atom. The van der Waals surface area contributed by atoms with Gasteiger partial charge in [-0.2, -0.15) is 0 Å². The lowest BCUT2D eigenvalue weighted by Gasteiger charge is -2.09. The van der Waals surface area contributed by atoms with Crippen molar-refractivity contribution in [3.05, 3.63) is 41.5 Å². The normalized spacial score (nSPS) is 10.4. The lowest BCUT2D eigenvalue weighted by molar-refractivity contribution is 0.0693. The average Bonchev–Trinajstić information content (AvgIpc) is 2.67. The highest BCUT2D eigenvalue weighted by atomic mass is 16.5. The van der Waals surface area contributed by atoms with Crippen molar-refractivity contribution < 1.29 is 14.6 Å². The first-order valence-electron chi connectivity index (χ1n) is 5.47. The van der Waals surface area contributed by atoms with Gasteiger partial charge in [0.25, 0.3) is 0 Å². The van der Waals surface area contributed by atoms with E-state index in [1.54, 1.807) is 18.2 Å². The van der Waals surface area contributed by atoms with Gasteiger partial charge in [0.2, 0.25) is 0 Å². The van der Waals surface area contributed by atoms with Gasteiger partial charge in [-0.1, -0.05) is 0 Å². The molecule has 2 aromatic rings. The molecule has 0 aliphatic rings. The molecule has 1 N–H and O–H groups in total. The van der Waals surface area contributed by atoms with Crippen molar-refractivity contribution in [3.8, 4) is 11.4 Å². The van der Waals surface area contributed by atoms with Crippen LogP contribution in [0.5, 0.6) is 5.75 Å². The largest absolute Gasteiger partial charge is 0.496 e. The minimum Gasteiger partial charge on any atom is -0.496 e. The number of aryl methyl sites for hydroxylation is 2. The van der Waals surface area contributed by atoms with Crippen molar-refractivity contribution in [2.24, 2.45) is 0 Å². The summed E-state index contributed by atoms with van der Waals surface area (Å²) >= 11 is 0. The van der Waals surface area contributed by atoms with E-state index in [0.29, 0.717) is 5.75 Å². The zero-order valence-electron chi connectivity index (χ0n) is 10.5. The third-order valence-electron chi connectivity index (χ3n) is 2.69. The molecule has 0 atom stereocenters. The van der Waals surface area contributed by atoms with Crippen molar-refractivity contribution in [3.63, 3.8) is 0 Å². The summed E-state index contributed by atoms with van der Waals surface area (Å²) in [5.41, 5.74) is 1.78. The fraction of sp³-hybridized carbons (Fsp3) is 0.231. The minimum atomic E-state index is -1.01. The van der Waals surface area contributed by atoms with Crippen LogP contribution in [0.25, 0.3) is 5.69 Å². The third-order valence-corrected chi connectivity index (χ3v) is 2.69. The first kappa shape index (κ1) is 12.2. The Morgan fingerprint density at radius 3 is 2.61 bits per heavy atom. The Hall–Kier alpha value is -2.30. The fourth-order valence-electron chi connectivity index (χ4n) is 1.89. The zero-order chi connectivity index (χ0) is 13.3. The molecule has 0 fully saturated rings. The summed E-state index contributed by atoms with van der Waals surface area (Å²) < 4.78 is 6.88. The number of rotatable bonds is 3. The molecule has 2 rings (SSSR count). The Bertz CT molecular complexity index is 602. The summed E-state index contributed by atoms with van der Waals surface area (Å²) in [5, 5.41) is 9.14. The topological polar surface area (TPSA) is 64.4 Å². The van der Waals surface area contributed by atoms with Crippen molar-refractivity contribution in [2.45, 2.75) is 13.8 Å². The maximum Gasteiger partial charge on any atom is 0.339 e. The molecule has 1 heterocycles. The van der Waals surface area contributed by atoms with E-state index in [9.17, 15) is 4.79 Å². The molecule has 0 amide bonds. The maximum atomic E-state index is 11.1. The number of carboxylic acids is 1. The van der Waals surface area contributed by atoms with E-state index in [1.807, 2.05) is 24.6 Å². The highest BCUT2D eigenvalue weighted by molar-refractivity contribution is 5.91. The van der Waals surface area contributed by atoms with Gasteiger partial charge >= 0.3 is 5.97 Å². The van der Waals surface area contributed by atoms with Crippen molar-refractivity contribution in [1.29, 1.82) is 0 Å². The number of imidazole rings is 1. The molecule has 18 heavy (non-hydrogen) atoms. The second-order valence-electron chi connectivity index (χ2n) is 3.99. The number of aromatic nitrogens is 2. The molecule has 0 unspecified atom stereocenters. The van der Waals surface area contributed by atoms with Gasteiger partial charge in [0.15, 0.2) is 0 Å². The third kappa shape index (κ3) is 2.07. The molecular weight excluding hydrogens is 232 g/mol. The number of hydrogen-bond acceptors (Lipinski definition) is 3. The van der Waals surface area contributed by atoms with Crippen molar-refractivity contribution in [2.75, 3.05) is 7.11 Å². The predicted octanol–water partition coefficient (Wildman–Crippen LogP) is 2.20. The Balaban J connectivity index is 2.56. The number of carboxylic acid groups (broad SMARTS) is 1. The lowest BCUT2D eigenvalue weighted by Crippen LogP contribution is -2.03. The highest BCUT2D eigenvalue weighted by Crippen LogP contribution is 2.23. The maximum absolute atomic E-state index is 11.1. The summed E-state index contributed by atoms with van der Waals surface area (Å²) in [6.07, 6.45) is 1.86. The van der Waals surface area contributed by atoms with Gasteiger partial charge in [-0.3, -0.25) is 0 Å². The molecule has 0 saturated heterocycles. The van der Waals surface area contributed by atoms with E-state index in [4.69, 9.17) is 9.84 Å². The quantitative estimate of drug-likeness (QED) is 0.901. The molecule has 0 radical (unpaired) electrons. The van der Waals surface area contributed by atoms with Gasteiger partial charge in [-0.05, 0) is 32.0 Å². The summed E-state index contributed by atoms with van der Waals surface area (Å²) in [7, 11) is 1.45. The van der Waals surface area contributed by atoms with Crippen LogP contribution < -0.4 is 4.74 Å². The van der Waals surface area contributed by atoms with Crippen molar-refractivity contribution in [1.82, 2.24) is 9.55 Å². The van der Waals surface area contributed by atoms with Crippen LogP contribution in [0, 0.1) is 13.8 Å². The Morgan fingerprint density at radius 1 is 1.39 bits per heavy atom. The van der Waals surface area contributed by atoms with Gasteiger partial charge in [0.1, 0.15) is 17.1 Å². The average molecular weight is 246 g/mol. The van der Waals surface area contributed by atoms with Crippen LogP contribution in [0.1, 0.15) is 21.9 Å². The van der Waals surface area contributed by atoms with Crippen LogP contribution in [-0.2, 0) is 0 Å². The fourth-order valence-corrected chi connectivity index (χ4v) is 1.89. The Labute approximate surface area is 105 Å². The van der Waals surface area contributed by atoms with E-state index in [-0.39, 0.29) is 5.56 Å². The predicted molar refractivity (Wildman–Crippen MR) is 66.5 cm³/mol. The van der Waals surface area contributed by atoms with Gasteiger partial charge in [0, 0.05) is 11.9 Å². The molecule has 0 aliphatic heterocycles. The first-order valence-corrected chi connectivity index (χ1v) is 5.47. The molecule has 0 aliphatic carbocycles. The second kappa shape index (κ2) is 4.52. The van der Waals surface area contributed by atoms with Crippen LogP contribution >= 0.6 is 0 Å². The number of ether oxygens (including phenoxy) is 1. The molecule has 1 aromatic heterocycles. The number of hydrogen-bond donors (Lipinski definition) is 1. The number of methoxy groups -OCH3 is 1. The van der Waals surface area contributed by atoms with Crippen LogP contribution in [0.2, 0.25) is 0 Å². The van der Waals surface area contributed by atoms with E-state index < -0.39 is 5.97 Å². The molecule has 5 nitrogen and oxygen atoms in total. The van der Waals surface area contributed by atoms with E-state index >= 15 is 0 Å². The Kier molecular flexibility index (Phi) is 3.06. The monoisotopic (exact) mass is 246 g/mol. The summed E-state index contributed by atoms with van der Waals surface area (Å²) in [4.78, 5) is 15.4. The second-order valence-corrected chi connectivity index (χ2v) is 3.99. The summed E-state index contributed by atoms with van der Waals surface area (Å²) in [6.45, 7) is 3.77. The SMILES string of the molecule is COc1ccc(-n2cc(C)nc2C)cc1C(=O)O. The van der Waals surface area contributed by atoms with Gasteiger partial charge in [-0.25, -0.2) is 9.78 Å². The lowest BCUT2D eigenvalue weighted by atomic mass is 10.1. The van der Waals surface area contributed by atoms with Crippen LogP contribution in [0.4, 0.5) is 0 Å². The number of nitrogens with zero attached hydrogens (tertiary/aromatic N) is 2. The van der Waals surface area contributed by atoms with E-state index in [0.717, 1.165) is 17.2 Å². The highest BCUT2D eigenvalue weighted by Gasteiger charge is 2.13. The van der Waals surface area contributed by atoms with Gasteiger partial charge < -0.3 is 14.4 Å². The molecule has 1 aromatic carbocycles. The molecule has 5 heteroatoms. The van der Waals surface area contributed by atoms with Gasteiger partial charge in [0.05, 0.1) is 12.8 Å². The molecule has 0 spiro atoms. The van der Waals surface area contributed by atoms with Crippen LogP contribution in [-0.4, -0.2) is 27.7 Å². The molecule has 94 valence electrons. The minimum absolute atomic E-state index is 0.140. The van der Waals surface area contributed by atoms with Gasteiger partial charge in [-0.15, -0.1) is 0 Å². The van der Waals surface area contributed by atoms with E-state index in [1.165, 1.54) is 7.11 Å². The molecular formula is C13H14N2O3. The smallest absolute Gasteiger partial charge is 0.339 e. The number of carbonyl (C=O) groups is 1. The number of aromatic carboxylic acids is 1. The van der Waals surface area contributed by atoms with E-state index in [2.05, 4.69) is 4.98 Å². The van der Waals surface area contributed by atoms with Crippen LogP contribution in [0.15, 0.2) is 24.4 Å². The summed E-state index contributed by atoms with van der Waals surface area (Å²) in [5.74, 6) is 0.151. The number of benzene rings is 1. The van der Waals surface area contributed by atoms with Crippen LogP contribution in [0.3, 0.4) is 0 Å². The zero-order valence-corrected chi connectivity index (χ0v) is 10.5.